The summed E-state index contributed by atoms with van der Waals surface area (Å²) >= 11 is 0. The molecule has 0 aliphatic carbocycles. The van der Waals surface area contributed by atoms with Crippen LogP contribution in [0.15, 0.2) is 72.8 Å². The van der Waals surface area contributed by atoms with E-state index in [9.17, 15) is 28.5 Å². The summed E-state index contributed by atoms with van der Waals surface area (Å²) in [6.45, 7) is 49.4. The van der Waals surface area contributed by atoms with E-state index in [0.29, 0.717) is 110 Å². The van der Waals surface area contributed by atoms with Gasteiger partial charge >= 0.3 is 0 Å². The van der Waals surface area contributed by atoms with Crippen LogP contribution in [0.3, 0.4) is 0 Å². The number of hydrogen-bond donors (Lipinski definition) is 3. The van der Waals surface area contributed by atoms with Crippen molar-refractivity contribution in [3.05, 3.63) is 175 Å². The summed E-state index contributed by atoms with van der Waals surface area (Å²) in [6, 6.07) is 26.3. The minimum Gasteiger partial charge on any atom is -0.392 e. The zero-order chi connectivity index (χ0) is 86.8. The van der Waals surface area contributed by atoms with Crippen molar-refractivity contribution in [2.45, 2.75) is 288 Å². The molecule has 2 unspecified atom stereocenters. The predicted octanol–water partition coefficient (Wildman–Crippen LogP) is 15.4. The molecule has 18 heterocycles. The lowest BCUT2D eigenvalue weighted by Gasteiger charge is -2.34. The number of hydrogen-bond acceptors (Lipinski definition) is 21. The number of aromatic nitrogens is 6. The molecule has 0 aromatic carbocycles. The monoisotopic (exact) mass is 1710 g/mol. The van der Waals surface area contributed by atoms with Crippen molar-refractivity contribution in [2.24, 2.45) is 0 Å². The number of halogens is 3. The summed E-state index contributed by atoms with van der Waals surface area (Å²) < 4.78 is 72.2. The third-order valence-electron chi connectivity index (χ3n) is 26.7. The van der Waals surface area contributed by atoms with E-state index in [1.54, 1.807) is 0 Å². The van der Waals surface area contributed by atoms with E-state index >= 15 is 0 Å². The van der Waals surface area contributed by atoms with Gasteiger partial charge in [0.05, 0.1) is 92.1 Å². The number of ether oxygens (including phenoxy) is 6. The Balaban J connectivity index is 0.000000127. The average Bonchev–Trinajstić information content (AvgIpc) is 1.30. The van der Waals surface area contributed by atoms with E-state index in [4.69, 9.17) is 58.3 Å². The molecule has 0 radical (unpaired) electrons. The summed E-state index contributed by atoms with van der Waals surface area (Å²) in [6.07, 6.45) is 6.68. The molecule has 12 saturated heterocycles. The zero-order valence-electron chi connectivity index (χ0n) is 76.2. The summed E-state index contributed by atoms with van der Waals surface area (Å²) in [7, 11) is 0. The molecule has 0 saturated carbocycles. The van der Waals surface area contributed by atoms with Gasteiger partial charge in [0.2, 0.25) is 0 Å². The standard InChI is InChI=1S/3C17H26N2O2.3C16H23FN2O/c3*1-12(2)16-4-3-15(13-6-8-21-11-13)17(18-16)10-19-7-5-14(20)9-19;3*1-11(2)15-4-3-14(12-5-6-20-10-12)16(18-15)9-19-7-13(17)8-19/h3*3-4,12-14,20H,5-11H2,1-2H3;3*3-4,11-13H,5-10H2,1-2H3/t13?,14-;13-,14+;13-,14-;2*12-;/m01010./s1. The van der Waals surface area contributed by atoms with E-state index in [1.807, 2.05) is 0 Å². The lowest BCUT2D eigenvalue weighted by molar-refractivity contribution is 0.0575. The molecule has 6 aromatic heterocycles. The van der Waals surface area contributed by atoms with Gasteiger partial charge in [-0.25, -0.2) is 13.2 Å². The van der Waals surface area contributed by atoms with Crippen LogP contribution in [0.5, 0.6) is 0 Å². The number of β-amino-alcohol motifs (C(OH)–C–C–N with tert-alkyl or cyclic N) is 3. The molecule has 24 heteroatoms. The van der Waals surface area contributed by atoms with Crippen molar-refractivity contribution < 1.29 is 56.9 Å². The minimum atomic E-state index is -0.651. The first-order valence-corrected chi connectivity index (χ1v) is 47.0. The van der Waals surface area contributed by atoms with Crippen LogP contribution < -0.4 is 0 Å². The molecule has 18 rings (SSSR count). The highest BCUT2D eigenvalue weighted by Crippen LogP contribution is 2.38. The van der Waals surface area contributed by atoms with Crippen LogP contribution >= 0.6 is 0 Å². The minimum absolute atomic E-state index is 0.170. The van der Waals surface area contributed by atoms with Gasteiger partial charge in [-0.2, -0.15) is 0 Å². The molecule has 0 amide bonds. The van der Waals surface area contributed by atoms with Gasteiger partial charge in [0.15, 0.2) is 0 Å². The second kappa shape index (κ2) is 45.9. The number of nitrogens with zero attached hydrogens (tertiary/aromatic N) is 12. The summed E-state index contributed by atoms with van der Waals surface area (Å²) in [5.41, 5.74) is 21.7. The number of aliphatic hydroxyl groups excluding tert-OH is 3. The van der Waals surface area contributed by atoms with Gasteiger partial charge in [0.1, 0.15) is 18.5 Å². The van der Waals surface area contributed by atoms with E-state index in [-0.39, 0.29) is 18.3 Å². The number of rotatable bonds is 24. The van der Waals surface area contributed by atoms with Crippen molar-refractivity contribution in [2.75, 3.05) is 158 Å². The van der Waals surface area contributed by atoms with Crippen LogP contribution in [0, 0.1) is 0 Å². The molecule has 678 valence electrons. The molecule has 12 aliphatic rings. The second-order valence-electron chi connectivity index (χ2n) is 38.8. The molecule has 123 heavy (non-hydrogen) atoms. The number of alkyl halides is 3. The Bertz CT molecular complexity index is 3800. The van der Waals surface area contributed by atoms with Gasteiger partial charge < -0.3 is 43.7 Å². The normalized spacial score (nSPS) is 25.6. The zero-order valence-corrected chi connectivity index (χ0v) is 76.2. The molecular formula is C99H147F3N12O9. The van der Waals surface area contributed by atoms with Gasteiger partial charge in [0, 0.05) is 227 Å². The maximum Gasteiger partial charge on any atom is 0.125 e. The molecule has 12 fully saturated rings. The maximum atomic E-state index is 13.0. The number of aliphatic hydroxyl groups is 3. The Morgan fingerprint density at radius 1 is 0.260 bits per heavy atom. The Morgan fingerprint density at radius 3 is 0.561 bits per heavy atom. The van der Waals surface area contributed by atoms with E-state index in [1.165, 1.54) is 50.5 Å². The molecule has 0 bridgehead atoms. The fourth-order valence-corrected chi connectivity index (χ4v) is 18.8. The van der Waals surface area contributed by atoms with Crippen LogP contribution in [0.4, 0.5) is 13.2 Å². The highest BCUT2D eigenvalue weighted by molar-refractivity contribution is 5.35. The largest absolute Gasteiger partial charge is 0.392 e. The Morgan fingerprint density at radius 2 is 0.431 bits per heavy atom. The van der Waals surface area contributed by atoms with Crippen molar-refractivity contribution in [3.63, 3.8) is 0 Å². The third-order valence-corrected chi connectivity index (χ3v) is 26.7. The van der Waals surface area contributed by atoms with E-state index in [2.05, 4.69) is 185 Å². The van der Waals surface area contributed by atoms with Crippen LogP contribution in [0.2, 0.25) is 0 Å². The highest BCUT2D eigenvalue weighted by Gasteiger charge is 2.36. The molecule has 21 nitrogen and oxygen atoms in total. The maximum absolute atomic E-state index is 13.0. The van der Waals surface area contributed by atoms with Crippen LogP contribution in [-0.2, 0) is 67.7 Å². The topological polar surface area (TPSA) is 213 Å². The summed E-state index contributed by atoms with van der Waals surface area (Å²) in [5, 5.41) is 29.2. The van der Waals surface area contributed by atoms with Crippen LogP contribution in [0.25, 0.3) is 0 Å². The third kappa shape index (κ3) is 26.9. The lowest BCUT2D eigenvalue weighted by Crippen LogP contribution is -2.47. The average molecular weight is 1710 g/mol. The lowest BCUT2D eigenvalue weighted by atomic mass is 9.94. The molecule has 12 aliphatic heterocycles. The van der Waals surface area contributed by atoms with Gasteiger partial charge in [-0.05, 0) is 163 Å². The molecule has 6 aromatic rings. The van der Waals surface area contributed by atoms with Gasteiger partial charge in [-0.1, -0.05) is 119 Å². The molecule has 9 atom stereocenters. The molecule has 3 N–H and O–H groups in total. The number of pyridine rings is 6. The SMILES string of the molecule is CC(C)c1ccc(C2CCOC2)c(CN2CC(F)C2)n1.CC(C)c1ccc(C2CCOC2)c(CN2CC[C@H](O)C2)n1.CC(C)c1ccc([C@@H]2CCOC2)c(CN2CC(F)C2)n1.CC(C)c1ccc([C@@H]2CCOC2)c(CN2CC[C@H](O)C2)n1.CC(C)c1ccc([C@H]2CCOC2)c(CN2CC(F)C2)n1.CC(C)c1ccc([C@H]2CCOC2)c(CN2CC[C@H](O)C2)n1. The Hall–Kier alpha value is -5.91. The number of likely N-dealkylation sites (tertiary alicyclic amines) is 6. The van der Waals surface area contributed by atoms with Crippen molar-refractivity contribution in [1.82, 2.24) is 59.3 Å². The highest BCUT2D eigenvalue weighted by atomic mass is 19.1. The second-order valence-corrected chi connectivity index (χ2v) is 38.8. The quantitative estimate of drug-likeness (QED) is 0.0514. The smallest absolute Gasteiger partial charge is 0.125 e. The van der Waals surface area contributed by atoms with Crippen molar-refractivity contribution in [3.8, 4) is 0 Å². The molecule has 0 spiro atoms. The first-order chi connectivity index (χ1) is 59.3. The molecular weight excluding hydrogens is 1560 g/mol. The fraction of sp³-hybridized carbons (Fsp3) is 0.697. The van der Waals surface area contributed by atoms with Crippen molar-refractivity contribution in [1.29, 1.82) is 0 Å². The van der Waals surface area contributed by atoms with Crippen molar-refractivity contribution >= 4 is 0 Å². The van der Waals surface area contributed by atoms with Gasteiger partial charge in [0.25, 0.3) is 0 Å². The van der Waals surface area contributed by atoms with Gasteiger partial charge in [-0.3, -0.25) is 59.3 Å². The van der Waals surface area contributed by atoms with Crippen LogP contribution in [-0.4, -0.2) is 269 Å². The van der Waals surface area contributed by atoms with Crippen LogP contribution in [0.1, 0.15) is 314 Å². The summed E-state index contributed by atoms with van der Waals surface area (Å²) in [5.74, 6) is 5.45. The fourth-order valence-electron chi connectivity index (χ4n) is 18.8. The van der Waals surface area contributed by atoms with E-state index < -0.39 is 18.5 Å². The Labute approximate surface area is 732 Å². The van der Waals surface area contributed by atoms with E-state index in [0.717, 1.165) is 267 Å². The first-order valence-electron chi connectivity index (χ1n) is 47.0. The van der Waals surface area contributed by atoms with Gasteiger partial charge in [-0.15, -0.1) is 0 Å². The first kappa shape index (κ1) is 94.7. The predicted molar refractivity (Wildman–Crippen MR) is 477 cm³/mol. The Kier molecular flexibility index (Phi) is 35.3. The summed E-state index contributed by atoms with van der Waals surface area (Å²) in [4.78, 5) is 42.7.